The fourth-order valence-corrected chi connectivity index (χ4v) is 5.40. The summed E-state index contributed by atoms with van der Waals surface area (Å²) in [6.45, 7) is 9.14. The van der Waals surface area contributed by atoms with Gasteiger partial charge >= 0.3 is 0 Å². The van der Waals surface area contributed by atoms with E-state index in [4.69, 9.17) is 11.6 Å². The Hall–Kier alpha value is -3.93. The highest BCUT2D eigenvalue weighted by molar-refractivity contribution is 6.31. The lowest BCUT2D eigenvalue weighted by Gasteiger charge is -2.17. The normalized spacial score (nSPS) is 18.7. The van der Waals surface area contributed by atoms with Crippen molar-refractivity contribution >= 4 is 11.6 Å². The van der Waals surface area contributed by atoms with E-state index in [2.05, 4.69) is 32.9 Å². The summed E-state index contributed by atoms with van der Waals surface area (Å²) in [4.78, 5) is 30.9. The van der Waals surface area contributed by atoms with E-state index in [9.17, 15) is 15.2 Å². The van der Waals surface area contributed by atoms with E-state index < -0.39 is 5.60 Å². The zero-order chi connectivity index (χ0) is 27.4. The molecule has 0 radical (unpaired) electrons. The molecule has 9 heteroatoms. The molecule has 0 unspecified atom stereocenters. The van der Waals surface area contributed by atoms with Crippen molar-refractivity contribution in [3.05, 3.63) is 98.2 Å². The molecule has 1 saturated carbocycles. The average molecular weight is 527 g/mol. The van der Waals surface area contributed by atoms with Crippen LogP contribution in [0.2, 0.25) is 5.02 Å². The van der Waals surface area contributed by atoms with Crippen molar-refractivity contribution in [2.75, 3.05) is 0 Å². The van der Waals surface area contributed by atoms with Crippen molar-refractivity contribution in [1.82, 2.24) is 24.5 Å². The molecule has 8 nitrogen and oxygen atoms in total. The molecule has 3 atom stereocenters. The molecule has 5 rings (SSSR count). The highest BCUT2D eigenvalue weighted by Crippen LogP contribution is 2.61. The summed E-state index contributed by atoms with van der Waals surface area (Å²) in [7, 11) is 0. The van der Waals surface area contributed by atoms with E-state index in [1.165, 1.54) is 0 Å². The molecule has 1 aliphatic carbocycles. The van der Waals surface area contributed by atoms with Gasteiger partial charge in [-0.05, 0) is 92.5 Å². The molecule has 0 amide bonds. The number of nitrogens with zero attached hydrogens (tertiary/aromatic N) is 6. The molecule has 0 saturated heterocycles. The highest BCUT2D eigenvalue weighted by atomic mass is 35.5. The summed E-state index contributed by atoms with van der Waals surface area (Å²) >= 11 is 6.75. The van der Waals surface area contributed by atoms with Crippen molar-refractivity contribution in [1.29, 1.82) is 5.26 Å². The fourth-order valence-electron chi connectivity index (χ4n) is 5.13. The SMILES string of the molecule is Cc1cnc(-c2ccnc(C(C)(C)O)n2)cc1-n1c(C)cc([C@H]2[C@H](C)[C@@H]2c2ccnc(C#N)c2)c(Cl)c1=O. The molecule has 1 fully saturated rings. The minimum Gasteiger partial charge on any atom is -0.382 e. The lowest BCUT2D eigenvalue weighted by Crippen LogP contribution is -2.23. The van der Waals surface area contributed by atoms with Crippen LogP contribution in [-0.4, -0.2) is 29.6 Å². The van der Waals surface area contributed by atoms with Crippen molar-refractivity contribution in [3.8, 4) is 23.1 Å². The van der Waals surface area contributed by atoms with E-state index >= 15 is 0 Å². The third-order valence-corrected chi connectivity index (χ3v) is 7.54. The van der Waals surface area contributed by atoms with Gasteiger partial charge in [-0.15, -0.1) is 0 Å². The van der Waals surface area contributed by atoms with Crippen LogP contribution in [0.1, 0.15) is 66.5 Å². The van der Waals surface area contributed by atoms with Gasteiger partial charge in [-0.25, -0.2) is 15.0 Å². The highest BCUT2D eigenvalue weighted by Gasteiger charge is 2.49. The Morgan fingerprint density at radius 3 is 2.50 bits per heavy atom. The quantitative estimate of drug-likeness (QED) is 0.390. The van der Waals surface area contributed by atoms with Crippen molar-refractivity contribution in [3.63, 3.8) is 0 Å². The van der Waals surface area contributed by atoms with E-state index in [-0.39, 0.29) is 34.2 Å². The van der Waals surface area contributed by atoms with Crippen LogP contribution in [0.25, 0.3) is 17.1 Å². The monoisotopic (exact) mass is 526 g/mol. The maximum Gasteiger partial charge on any atom is 0.274 e. The number of hydrogen-bond acceptors (Lipinski definition) is 7. The van der Waals surface area contributed by atoms with Gasteiger partial charge in [0.2, 0.25) is 0 Å². The van der Waals surface area contributed by atoms with Crippen LogP contribution in [0.5, 0.6) is 0 Å². The van der Waals surface area contributed by atoms with Crippen molar-refractivity contribution < 1.29 is 5.11 Å². The van der Waals surface area contributed by atoms with Gasteiger partial charge in [-0.3, -0.25) is 14.3 Å². The van der Waals surface area contributed by atoms with E-state index in [0.29, 0.717) is 22.8 Å². The maximum atomic E-state index is 13.7. The molecule has 4 aromatic heterocycles. The predicted molar refractivity (Wildman–Crippen MR) is 144 cm³/mol. The Morgan fingerprint density at radius 1 is 1.05 bits per heavy atom. The summed E-state index contributed by atoms with van der Waals surface area (Å²) in [5, 5.41) is 19.8. The van der Waals surface area contributed by atoms with Gasteiger partial charge in [0.15, 0.2) is 5.82 Å². The number of aromatic nitrogens is 5. The first-order valence-corrected chi connectivity index (χ1v) is 12.7. The zero-order valence-electron chi connectivity index (χ0n) is 21.8. The van der Waals surface area contributed by atoms with Gasteiger partial charge in [0.25, 0.3) is 5.56 Å². The third-order valence-electron chi connectivity index (χ3n) is 7.16. The molecule has 0 aromatic carbocycles. The van der Waals surface area contributed by atoms with E-state index in [1.54, 1.807) is 49.1 Å². The molecule has 0 bridgehead atoms. The van der Waals surface area contributed by atoms with Gasteiger partial charge in [0, 0.05) is 24.3 Å². The summed E-state index contributed by atoms with van der Waals surface area (Å²) in [6, 6.07) is 11.3. The van der Waals surface area contributed by atoms with Gasteiger partial charge < -0.3 is 5.11 Å². The smallest absolute Gasteiger partial charge is 0.274 e. The van der Waals surface area contributed by atoms with Crippen LogP contribution in [0, 0.1) is 31.1 Å². The molecule has 0 aliphatic heterocycles. The maximum absolute atomic E-state index is 13.7. The van der Waals surface area contributed by atoms with Crippen LogP contribution in [-0.2, 0) is 5.60 Å². The molecular weight excluding hydrogens is 500 g/mol. The van der Waals surface area contributed by atoms with E-state index in [1.807, 2.05) is 32.0 Å². The number of pyridine rings is 3. The fraction of sp³-hybridized carbons (Fsp3) is 0.310. The largest absolute Gasteiger partial charge is 0.382 e. The predicted octanol–water partition coefficient (Wildman–Crippen LogP) is 4.97. The summed E-state index contributed by atoms with van der Waals surface area (Å²) < 4.78 is 1.60. The first-order valence-electron chi connectivity index (χ1n) is 12.3. The number of nitriles is 1. The number of aryl methyl sites for hydroxylation is 2. The van der Waals surface area contributed by atoms with Crippen LogP contribution < -0.4 is 5.56 Å². The van der Waals surface area contributed by atoms with Crippen molar-refractivity contribution in [2.24, 2.45) is 5.92 Å². The lowest BCUT2D eigenvalue weighted by atomic mass is 10.0. The second-order valence-corrected chi connectivity index (χ2v) is 10.8. The molecule has 1 N–H and O–H groups in total. The van der Waals surface area contributed by atoms with Gasteiger partial charge in [-0.2, -0.15) is 5.26 Å². The Morgan fingerprint density at radius 2 is 1.79 bits per heavy atom. The third kappa shape index (κ3) is 4.49. The Balaban J connectivity index is 1.56. The molecule has 1 aliphatic rings. The number of rotatable bonds is 5. The molecule has 38 heavy (non-hydrogen) atoms. The first kappa shape index (κ1) is 25.7. The van der Waals surface area contributed by atoms with Crippen LogP contribution >= 0.6 is 11.6 Å². The Kier molecular flexibility index (Phi) is 6.38. The number of hydrogen-bond donors (Lipinski definition) is 1. The topological polar surface area (TPSA) is 118 Å². The summed E-state index contributed by atoms with van der Waals surface area (Å²) in [6.07, 6.45) is 4.92. The molecule has 0 spiro atoms. The van der Waals surface area contributed by atoms with Gasteiger partial charge in [0.05, 0.1) is 17.1 Å². The second kappa shape index (κ2) is 9.43. The van der Waals surface area contributed by atoms with Crippen LogP contribution in [0.3, 0.4) is 0 Å². The molecular formula is C29H27ClN6O2. The summed E-state index contributed by atoms with van der Waals surface area (Å²) in [5.41, 5.74) is 4.01. The molecule has 4 heterocycles. The van der Waals surface area contributed by atoms with Crippen LogP contribution in [0.15, 0.2) is 53.7 Å². The minimum absolute atomic E-state index is 0.0767. The van der Waals surface area contributed by atoms with Crippen molar-refractivity contribution in [2.45, 2.75) is 52.1 Å². The first-order chi connectivity index (χ1) is 18.0. The Bertz CT molecular complexity index is 1670. The van der Waals surface area contributed by atoms with Crippen LogP contribution in [0.4, 0.5) is 0 Å². The standard InChI is InChI=1S/C29H27ClN6O2/c1-15-14-34-22(21-7-9-33-28(35-21)29(4,5)38)12-23(15)36-16(2)10-20(26(30)27(36)37)25-17(3)24(25)18-6-8-32-19(11-18)13-31/h6-12,14,17,24-25,38H,1-5H3/t17-,24-,25-/m1/s1. The number of aliphatic hydroxyl groups is 1. The number of halogens is 1. The van der Waals surface area contributed by atoms with Gasteiger partial charge in [0.1, 0.15) is 22.4 Å². The molecule has 4 aromatic rings. The molecule has 192 valence electrons. The van der Waals surface area contributed by atoms with E-state index in [0.717, 1.165) is 22.4 Å². The zero-order valence-corrected chi connectivity index (χ0v) is 22.5. The Labute approximate surface area is 225 Å². The average Bonchev–Trinajstić information content (AvgIpc) is 3.57. The minimum atomic E-state index is -1.20. The van der Waals surface area contributed by atoms with Gasteiger partial charge in [-0.1, -0.05) is 18.5 Å². The summed E-state index contributed by atoms with van der Waals surface area (Å²) in [5.74, 6) is 0.791. The lowest BCUT2D eigenvalue weighted by molar-refractivity contribution is 0.0688. The second-order valence-electron chi connectivity index (χ2n) is 10.4.